The first-order valence-electron chi connectivity index (χ1n) is 8.87. The molecule has 7 nitrogen and oxygen atoms in total. The number of methoxy groups -OCH3 is 2. The van der Waals surface area contributed by atoms with Crippen molar-refractivity contribution in [2.75, 3.05) is 31.0 Å². The first-order valence-corrected chi connectivity index (χ1v) is 8.87. The number of carbonyl (C=O) groups is 3. The maximum absolute atomic E-state index is 12.7. The third kappa shape index (κ3) is 3.98. The average Bonchev–Trinajstić information content (AvgIpc) is 3.09. The van der Waals surface area contributed by atoms with E-state index in [0.29, 0.717) is 28.4 Å². The molecule has 28 heavy (non-hydrogen) atoms. The van der Waals surface area contributed by atoms with Gasteiger partial charge in [0.2, 0.25) is 11.8 Å². The zero-order valence-corrected chi connectivity index (χ0v) is 16.0. The zero-order valence-electron chi connectivity index (χ0n) is 16.0. The Morgan fingerprint density at radius 1 is 1.07 bits per heavy atom. The minimum atomic E-state index is -0.485. The second-order valence-corrected chi connectivity index (χ2v) is 6.57. The van der Waals surface area contributed by atoms with Gasteiger partial charge in [0, 0.05) is 36.0 Å². The van der Waals surface area contributed by atoms with Crippen LogP contribution in [0.3, 0.4) is 0 Å². The molecule has 146 valence electrons. The summed E-state index contributed by atoms with van der Waals surface area (Å²) >= 11 is 0. The molecule has 2 amide bonds. The maximum Gasteiger partial charge on any atom is 0.229 e. The highest BCUT2D eigenvalue weighted by atomic mass is 16.5. The first-order chi connectivity index (χ1) is 13.4. The van der Waals surface area contributed by atoms with E-state index in [1.165, 1.54) is 21.1 Å². The fraction of sp³-hybridized carbons (Fsp3) is 0.286. The van der Waals surface area contributed by atoms with Gasteiger partial charge in [-0.1, -0.05) is 12.1 Å². The summed E-state index contributed by atoms with van der Waals surface area (Å²) in [7, 11) is 3.06. The standard InChI is InChI=1S/C21H22N2O5/c1-13(24)14-5-4-6-17(9-14)23-12-15(10-20(23)25)21(26)22-16-7-8-18(27-2)19(11-16)28-3/h4-9,11,15H,10,12H2,1-3H3,(H,22,26). The molecule has 0 spiro atoms. The van der Waals surface area contributed by atoms with Crippen LogP contribution < -0.4 is 19.7 Å². The van der Waals surface area contributed by atoms with Gasteiger partial charge >= 0.3 is 0 Å². The van der Waals surface area contributed by atoms with E-state index in [1.807, 2.05) is 0 Å². The predicted octanol–water partition coefficient (Wildman–Crippen LogP) is 2.90. The minimum Gasteiger partial charge on any atom is -0.493 e. The fourth-order valence-electron chi connectivity index (χ4n) is 3.18. The maximum atomic E-state index is 12.7. The smallest absolute Gasteiger partial charge is 0.229 e. The number of hydrogen-bond donors (Lipinski definition) is 1. The van der Waals surface area contributed by atoms with Gasteiger partial charge < -0.3 is 19.7 Å². The molecule has 1 unspecified atom stereocenters. The summed E-state index contributed by atoms with van der Waals surface area (Å²) in [6.07, 6.45) is 0.115. The number of amides is 2. The van der Waals surface area contributed by atoms with Crippen molar-refractivity contribution in [3.8, 4) is 11.5 Å². The molecule has 0 radical (unpaired) electrons. The van der Waals surface area contributed by atoms with Crippen molar-refractivity contribution in [2.24, 2.45) is 5.92 Å². The van der Waals surface area contributed by atoms with Crippen LogP contribution >= 0.6 is 0 Å². The molecule has 1 atom stereocenters. The van der Waals surface area contributed by atoms with Crippen LogP contribution in [0.2, 0.25) is 0 Å². The molecule has 2 aromatic rings. The molecule has 1 fully saturated rings. The third-order valence-corrected chi connectivity index (χ3v) is 4.71. The Labute approximate surface area is 163 Å². The van der Waals surface area contributed by atoms with E-state index >= 15 is 0 Å². The molecular weight excluding hydrogens is 360 g/mol. The van der Waals surface area contributed by atoms with Gasteiger partial charge in [0.25, 0.3) is 0 Å². The molecule has 7 heteroatoms. The Kier molecular flexibility index (Phi) is 5.63. The summed E-state index contributed by atoms with van der Waals surface area (Å²) in [6.45, 7) is 1.74. The summed E-state index contributed by atoms with van der Waals surface area (Å²) in [5.41, 5.74) is 1.72. The lowest BCUT2D eigenvalue weighted by Crippen LogP contribution is -2.28. The molecule has 0 aliphatic carbocycles. The van der Waals surface area contributed by atoms with Crippen LogP contribution in [0.4, 0.5) is 11.4 Å². The number of Topliss-reactive ketones (excluding diaryl/α,β-unsaturated/α-hetero) is 1. The lowest BCUT2D eigenvalue weighted by atomic mass is 10.1. The van der Waals surface area contributed by atoms with Crippen molar-refractivity contribution < 1.29 is 23.9 Å². The summed E-state index contributed by atoms with van der Waals surface area (Å²) in [5, 5.41) is 2.82. The lowest BCUT2D eigenvalue weighted by molar-refractivity contribution is -0.122. The van der Waals surface area contributed by atoms with E-state index < -0.39 is 5.92 Å². The largest absolute Gasteiger partial charge is 0.493 e. The molecule has 0 bridgehead atoms. The van der Waals surface area contributed by atoms with Crippen LogP contribution in [0.5, 0.6) is 11.5 Å². The van der Waals surface area contributed by atoms with Gasteiger partial charge in [-0.2, -0.15) is 0 Å². The quantitative estimate of drug-likeness (QED) is 0.777. The van der Waals surface area contributed by atoms with Crippen LogP contribution in [-0.4, -0.2) is 38.4 Å². The first kappa shape index (κ1) is 19.4. The van der Waals surface area contributed by atoms with Crippen LogP contribution in [-0.2, 0) is 9.59 Å². The number of benzene rings is 2. The Balaban J connectivity index is 1.72. The molecule has 0 aromatic heterocycles. The molecule has 1 saturated heterocycles. The lowest BCUT2D eigenvalue weighted by Gasteiger charge is -2.17. The Hall–Kier alpha value is -3.35. The van der Waals surface area contributed by atoms with Gasteiger partial charge in [0.05, 0.1) is 20.1 Å². The second kappa shape index (κ2) is 8.12. The molecule has 0 saturated carbocycles. The Morgan fingerprint density at radius 3 is 2.50 bits per heavy atom. The van der Waals surface area contributed by atoms with E-state index in [9.17, 15) is 14.4 Å². The number of carbonyl (C=O) groups excluding carboxylic acids is 3. The molecule has 1 aliphatic heterocycles. The average molecular weight is 382 g/mol. The normalized spacial score (nSPS) is 16.0. The summed E-state index contributed by atoms with van der Waals surface area (Å²) in [6, 6.07) is 12.0. The number of ether oxygens (including phenoxy) is 2. The van der Waals surface area contributed by atoms with Crippen molar-refractivity contribution in [3.05, 3.63) is 48.0 Å². The van der Waals surface area contributed by atoms with E-state index in [1.54, 1.807) is 47.4 Å². The van der Waals surface area contributed by atoms with Gasteiger partial charge in [-0.05, 0) is 31.2 Å². The summed E-state index contributed by atoms with van der Waals surface area (Å²) in [4.78, 5) is 38.2. The number of nitrogens with one attached hydrogen (secondary N) is 1. The monoisotopic (exact) mass is 382 g/mol. The van der Waals surface area contributed by atoms with Crippen molar-refractivity contribution in [1.29, 1.82) is 0 Å². The summed E-state index contributed by atoms with van der Waals surface area (Å²) < 4.78 is 10.4. The molecule has 2 aromatic carbocycles. The van der Waals surface area contributed by atoms with E-state index in [2.05, 4.69) is 5.32 Å². The van der Waals surface area contributed by atoms with Crippen molar-refractivity contribution >= 4 is 29.0 Å². The zero-order chi connectivity index (χ0) is 20.3. The van der Waals surface area contributed by atoms with E-state index in [0.717, 1.165) is 0 Å². The van der Waals surface area contributed by atoms with Crippen LogP contribution in [0.1, 0.15) is 23.7 Å². The molecule has 3 rings (SSSR count). The molecule has 1 N–H and O–H groups in total. The topological polar surface area (TPSA) is 84.9 Å². The highest BCUT2D eigenvalue weighted by Gasteiger charge is 2.35. The van der Waals surface area contributed by atoms with Gasteiger partial charge in [0.15, 0.2) is 17.3 Å². The molecular formula is C21H22N2O5. The second-order valence-electron chi connectivity index (χ2n) is 6.57. The van der Waals surface area contributed by atoms with Crippen LogP contribution in [0.15, 0.2) is 42.5 Å². The number of ketones is 1. The van der Waals surface area contributed by atoms with Crippen LogP contribution in [0, 0.1) is 5.92 Å². The van der Waals surface area contributed by atoms with Gasteiger partial charge in [-0.3, -0.25) is 14.4 Å². The Morgan fingerprint density at radius 2 is 1.82 bits per heavy atom. The number of rotatable bonds is 6. The molecule has 1 heterocycles. The van der Waals surface area contributed by atoms with Crippen molar-refractivity contribution in [2.45, 2.75) is 13.3 Å². The summed E-state index contributed by atoms with van der Waals surface area (Å²) in [5.74, 6) is 0.121. The highest BCUT2D eigenvalue weighted by Crippen LogP contribution is 2.31. The number of nitrogens with zero attached hydrogens (tertiary/aromatic N) is 1. The highest BCUT2D eigenvalue weighted by molar-refractivity contribution is 6.04. The van der Waals surface area contributed by atoms with Crippen molar-refractivity contribution in [3.63, 3.8) is 0 Å². The van der Waals surface area contributed by atoms with Gasteiger partial charge in [-0.25, -0.2) is 0 Å². The third-order valence-electron chi connectivity index (χ3n) is 4.71. The predicted molar refractivity (Wildman–Crippen MR) is 105 cm³/mol. The van der Waals surface area contributed by atoms with E-state index in [4.69, 9.17) is 9.47 Å². The van der Waals surface area contributed by atoms with Crippen molar-refractivity contribution in [1.82, 2.24) is 0 Å². The number of hydrogen-bond acceptors (Lipinski definition) is 5. The van der Waals surface area contributed by atoms with Gasteiger partial charge in [0.1, 0.15) is 0 Å². The van der Waals surface area contributed by atoms with E-state index in [-0.39, 0.29) is 30.6 Å². The Bertz CT molecular complexity index is 925. The van der Waals surface area contributed by atoms with Gasteiger partial charge in [-0.15, -0.1) is 0 Å². The SMILES string of the molecule is COc1ccc(NC(=O)C2CC(=O)N(c3cccc(C(C)=O)c3)C2)cc1OC. The van der Waals surface area contributed by atoms with Crippen LogP contribution in [0.25, 0.3) is 0 Å². The minimum absolute atomic E-state index is 0.0729. The molecule has 1 aliphatic rings. The number of anilines is 2. The fourth-order valence-corrected chi connectivity index (χ4v) is 3.18.